The Kier molecular flexibility index (Phi) is 9.46. The third-order valence-electron chi connectivity index (χ3n) is 6.26. The number of H-pyrrole nitrogens is 1. The van der Waals surface area contributed by atoms with Gasteiger partial charge in [-0.2, -0.15) is 0 Å². The van der Waals surface area contributed by atoms with E-state index in [2.05, 4.69) is 38.0 Å². The molecule has 2 N–H and O–H groups in total. The van der Waals surface area contributed by atoms with Gasteiger partial charge in [0.2, 0.25) is 5.91 Å². The van der Waals surface area contributed by atoms with Crippen molar-refractivity contribution in [2.45, 2.75) is 91.8 Å². The van der Waals surface area contributed by atoms with Crippen molar-refractivity contribution in [3.05, 3.63) is 62.6 Å². The molecular weight excluding hydrogens is 442 g/mol. The molecule has 0 bridgehead atoms. The zero-order chi connectivity index (χ0) is 25.4. The molecule has 1 aromatic carbocycles. The number of nitrogens with one attached hydrogen (secondary N) is 2. The molecule has 1 amide bonds. The number of unbranched alkanes of at least 4 members (excludes halogenated alkanes) is 2. The summed E-state index contributed by atoms with van der Waals surface area (Å²) in [4.78, 5) is 45.4. The van der Waals surface area contributed by atoms with Gasteiger partial charge in [-0.1, -0.05) is 70.9 Å². The highest BCUT2D eigenvalue weighted by molar-refractivity contribution is 5.77. The van der Waals surface area contributed by atoms with E-state index < -0.39 is 11.2 Å². The lowest BCUT2D eigenvalue weighted by atomic mass is 9.97. The minimum absolute atomic E-state index is 0.0501. The van der Waals surface area contributed by atoms with Gasteiger partial charge in [-0.25, -0.2) is 9.78 Å². The summed E-state index contributed by atoms with van der Waals surface area (Å²) in [6.45, 7) is 9.56. The van der Waals surface area contributed by atoms with Gasteiger partial charge >= 0.3 is 5.69 Å². The van der Waals surface area contributed by atoms with Crippen LogP contribution in [0.3, 0.4) is 0 Å². The van der Waals surface area contributed by atoms with Crippen molar-refractivity contribution in [1.29, 1.82) is 0 Å². The minimum Gasteiger partial charge on any atom is -0.349 e. The van der Waals surface area contributed by atoms with Crippen LogP contribution in [0.2, 0.25) is 0 Å². The van der Waals surface area contributed by atoms with E-state index in [1.54, 1.807) is 4.57 Å². The summed E-state index contributed by atoms with van der Waals surface area (Å²) in [5.74, 6) is 1.06. The summed E-state index contributed by atoms with van der Waals surface area (Å²) in [7, 11) is 0. The van der Waals surface area contributed by atoms with Crippen molar-refractivity contribution in [3.63, 3.8) is 0 Å². The van der Waals surface area contributed by atoms with E-state index in [1.807, 2.05) is 34.9 Å². The molecule has 0 saturated heterocycles. The van der Waals surface area contributed by atoms with Crippen molar-refractivity contribution in [3.8, 4) is 0 Å². The molecule has 0 saturated carbocycles. The van der Waals surface area contributed by atoms with Crippen molar-refractivity contribution >= 4 is 17.1 Å². The van der Waals surface area contributed by atoms with E-state index in [-0.39, 0.29) is 18.4 Å². The van der Waals surface area contributed by atoms with Gasteiger partial charge in [-0.05, 0) is 30.7 Å². The molecule has 0 aliphatic heterocycles. The number of aromatic nitrogens is 4. The Morgan fingerprint density at radius 1 is 1.03 bits per heavy atom. The molecule has 2 heterocycles. The topological polar surface area (TPSA) is 102 Å². The van der Waals surface area contributed by atoms with Gasteiger partial charge < -0.3 is 9.88 Å². The number of hydrogen-bond acceptors (Lipinski definition) is 4. The molecule has 8 heteroatoms. The molecule has 0 spiro atoms. The van der Waals surface area contributed by atoms with Crippen LogP contribution in [0.1, 0.15) is 83.6 Å². The summed E-state index contributed by atoms with van der Waals surface area (Å²) in [6.07, 6.45) is 5.09. The van der Waals surface area contributed by atoms with Crippen LogP contribution in [0.4, 0.5) is 0 Å². The number of aryl methyl sites for hydroxylation is 3. The van der Waals surface area contributed by atoms with Gasteiger partial charge in [0.15, 0.2) is 11.2 Å². The minimum atomic E-state index is -0.431. The SMILES string of the molecule is CCCCn1c(CCC(=O)N[C@@H](CC(C)C)c2ccccc2)nc2c1c(=O)[nH]c(=O)n2CCCC. The number of nitrogens with zero attached hydrogens (tertiary/aromatic N) is 3. The van der Waals surface area contributed by atoms with Gasteiger partial charge in [0.05, 0.1) is 6.04 Å². The molecule has 0 radical (unpaired) electrons. The molecule has 2 aromatic heterocycles. The third kappa shape index (κ3) is 6.71. The number of hydrogen-bond donors (Lipinski definition) is 2. The number of amides is 1. The first kappa shape index (κ1) is 26.4. The predicted molar refractivity (Wildman–Crippen MR) is 140 cm³/mol. The number of rotatable bonds is 13. The van der Waals surface area contributed by atoms with Gasteiger partial charge in [0.1, 0.15) is 5.82 Å². The first-order chi connectivity index (χ1) is 16.8. The van der Waals surface area contributed by atoms with E-state index in [1.165, 1.54) is 0 Å². The van der Waals surface area contributed by atoms with Crippen LogP contribution in [0.15, 0.2) is 39.9 Å². The second-order valence-corrected chi connectivity index (χ2v) is 9.63. The summed E-state index contributed by atoms with van der Waals surface area (Å²) in [5, 5.41) is 3.19. The summed E-state index contributed by atoms with van der Waals surface area (Å²) in [6, 6.07) is 9.98. The van der Waals surface area contributed by atoms with Gasteiger partial charge in [0, 0.05) is 25.9 Å². The van der Waals surface area contributed by atoms with E-state index in [0.717, 1.165) is 37.7 Å². The third-order valence-corrected chi connectivity index (χ3v) is 6.26. The Bertz CT molecular complexity index is 1220. The Morgan fingerprint density at radius 2 is 1.69 bits per heavy atom. The zero-order valence-electron chi connectivity index (χ0n) is 21.5. The van der Waals surface area contributed by atoms with Gasteiger partial charge in [0.25, 0.3) is 5.56 Å². The predicted octanol–water partition coefficient (Wildman–Crippen LogP) is 4.32. The number of imidazole rings is 1. The smallest absolute Gasteiger partial charge is 0.330 e. The maximum absolute atomic E-state index is 13.0. The number of fused-ring (bicyclic) bond motifs is 1. The molecule has 8 nitrogen and oxygen atoms in total. The Labute approximate surface area is 206 Å². The lowest BCUT2D eigenvalue weighted by molar-refractivity contribution is -0.121. The summed E-state index contributed by atoms with van der Waals surface area (Å²) in [5.41, 5.74) is 1.08. The molecule has 1 atom stereocenters. The molecule has 35 heavy (non-hydrogen) atoms. The Hall–Kier alpha value is -3.16. The molecule has 0 aliphatic carbocycles. The van der Waals surface area contributed by atoms with Crippen LogP contribution < -0.4 is 16.6 Å². The highest BCUT2D eigenvalue weighted by Crippen LogP contribution is 2.22. The van der Waals surface area contributed by atoms with Gasteiger partial charge in [-0.3, -0.25) is 19.1 Å². The molecular formula is C27H39N5O3. The number of carbonyl (C=O) groups excluding carboxylic acids is 1. The van der Waals surface area contributed by atoms with Crippen molar-refractivity contribution in [2.24, 2.45) is 5.92 Å². The summed E-state index contributed by atoms with van der Waals surface area (Å²) < 4.78 is 3.45. The zero-order valence-corrected chi connectivity index (χ0v) is 21.5. The van der Waals surface area contributed by atoms with E-state index >= 15 is 0 Å². The summed E-state index contributed by atoms with van der Waals surface area (Å²) >= 11 is 0. The fourth-order valence-electron chi connectivity index (χ4n) is 4.42. The van der Waals surface area contributed by atoms with Crippen LogP contribution in [0.25, 0.3) is 11.2 Å². The average molecular weight is 482 g/mol. The quantitative estimate of drug-likeness (QED) is 0.379. The first-order valence-corrected chi connectivity index (χ1v) is 12.9. The number of aromatic amines is 1. The van der Waals surface area contributed by atoms with Crippen LogP contribution in [-0.4, -0.2) is 25.0 Å². The molecule has 190 valence electrons. The van der Waals surface area contributed by atoms with Crippen LogP contribution in [-0.2, 0) is 24.3 Å². The van der Waals surface area contributed by atoms with E-state index in [9.17, 15) is 14.4 Å². The lowest BCUT2D eigenvalue weighted by Crippen LogP contribution is -2.31. The Morgan fingerprint density at radius 3 is 2.31 bits per heavy atom. The van der Waals surface area contributed by atoms with E-state index in [4.69, 9.17) is 4.98 Å². The van der Waals surface area contributed by atoms with Crippen LogP contribution in [0, 0.1) is 5.92 Å². The second kappa shape index (κ2) is 12.5. The second-order valence-electron chi connectivity index (χ2n) is 9.63. The van der Waals surface area contributed by atoms with Crippen LogP contribution >= 0.6 is 0 Å². The normalized spacial score (nSPS) is 12.4. The number of benzene rings is 1. The Balaban J connectivity index is 1.86. The largest absolute Gasteiger partial charge is 0.349 e. The maximum atomic E-state index is 13.0. The monoisotopic (exact) mass is 481 g/mol. The van der Waals surface area contributed by atoms with Crippen molar-refractivity contribution < 1.29 is 4.79 Å². The highest BCUT2D eigenvalue weighted by atomic mass is 16.2. The van der Waals surface area contributed by atoms with Crippen LogP contribution in [0.5, 0.6) is 0 Å². The van der Waals surface area contributed by atoms with Crippen molar-refractivity contribution in [1.82, 2.24) is 24.4 Å². The molecule has 0 aliphatic rings. The molecule has 3 aromatic rings. The van der Waals surface area contributed by atoms with Crippen molar-refractivity contribution in [2.75, 3.05) is 0 Å². The van der Waals surface area contributed by atoms with Gasteiger partial charge in [-0.15, -0.1) is 0 Å². The van der Waals surface area contributed by atoms with E-state index in [0.29, 0.717) is 42.4 Å². The molecule has 0 fully saturated rings. The standard InChI is InChI=1S/C27H39N5O3/c1-5-7-16-31-22(29-25-24(31)26(34)30-27(35)32(25)17-8-6-2)14-15-23(33)28-21(18-19(3)4)20-12-10-9-11-13-20/h9-13,19,21H,5-8,14-18H2,1-4H3,(H,28,33)(H,30,34,35)/t21-/m0/s1. The molecule has 3 rings (SSSR count). The molecule has 0 unspecified atom stereocenters. The fourth-order valence-corrected chi connectivity index (χ4v) is 4.42. The fraction of sp³-hybridized carbons (Fsp3) is 0.556. The maximum Gasteiger partial charge on any atom is 0.330 e. The number of carbonyl (C=O) groups is 1. The first-order valence-electron chi connectivity index (χ1n) is 12.9. The average Bonchev–Trinajstić information content (AvgIpc) is 3.19. The lowest BCUT2D eigenvalue weighted by Gasteiger charge is -2.21. The highest BCUT2D eigenvalue weighted by Gasteiger charge is 2.20.